The van der Waals surface area contributed by atoms with Crippen molar-refractivity contribution in [2.45, 2.75) is 109 Å². The van der Waals surface area contributed by atoms with E-state index in [-0.39, 0.29) is 11.1 Å². The van der Waals surface area contributed by atoms with E-state index in [2.05, 4.69) is 4.98 Å². The van der Waals surface area contributed by atoms with Crippen molar-refractivity contribution in [2.24, 2.45) is 17.3 Å². The van der Waals surface area contributed by atoms with Gasteiger partial charge in [-0.3, -0.25) is 24.2 Å². The van der Waals surface area contributed by atoms with E-state index in [9.17, 15) is 33.9 Å². The van der Waals surface area contributed by atoms with Gasteiger partial charge in [0.25, 0.3) is 0 Å². The van der Waals surface area contributed by atoms with Gasteiger partial charge in [-0.1, -0.05) is 13.8 Å². The number of rotatable bonds is 10. The number of hydrogen-bond acceptors (Lipinski definition) is 16. The molecule has 2 saturated carbocycles. The van der Waals surface area contributed by atoms with Crippen LogP contribution in [-0.4, -0.2) is 99.8 Å². The smallest absolute Gasteiger partial charge is 0.341 e. The summed E-state index contributed by atoms with van der Waals surface area (Å²) in [6.45, 7) is 10.1. The molecule has 0 radical (unpaired) electrons. The fourth-order valence-corrected chi connectivity index (χ4v) is 8.24. The molecule has 3 aliphatic rings. The van der Waals surface area contributed by atoms with Crippen LogP contribution in [0.5, 0.6) is 0 Å². The Morgan fingerprint density at radius 3 is 2.06 bits per heavy atom. The van der Waals surface area contributed by atoms with Crippen molar-refractivity contribution >= 4 is 35.8 Å². The van der Waals surface area contributed by atoms with Gasteiger partial charge in [-0.25, -0.2) is 9.59 Å². The topological polar surface area (TPSA) is 213 Å². The number of nitrogens with zero attached hydrogens (tertiary/aromatic N) is 1. The van der Waals surface area contributed by atoms with E-state index in [1.807, 2.05) is 0 Å². The molecule has 5 rings (SSSR count). The predicted molar refractivity (Wildman–Crippen MR) is 173 cm³/mol. The number of aromatic nitrogens is 1. The van der Waals surface area contributed by atoms with E-state index in [1.54, 1.807) is 27.7 Å². The molecule has 1 spiro atoms. The number of carbonyl (C=O) groups is 6. The molecule has 52 heavy (non-hydrogen) atoms. The van der Waals surface area contributed by atoms with Gasteiger partial charge in [0.2, 0.25) is 0 Å². The van der Waals surface area contributed by atoms with Crippen LogP contribution in [0, 0.1) is 17.3 Å². The van der Waals surface area contributed by atoms with Crippen LogP contribution in [0.4, 0.5) is 0 Å². The van der Waals surface area contributed by atoms with E-state index in [0.717, 1.165) is 27.0 Å². The third-order valence-corrected chi connectivity index (χ3v) is 10.0. The lowest BCUT2D eigenvalue weighted by molar-refractivity contribution is -0.362. The third-order valence-electron chi connectivity index (χ3n) is 10.0. The molecule has 1 saturated heterocycles. The first-order valence-corrected chi connectivity index (χ1v) is 16.7. The molecule has 1 N–H and O–H groups in total. The van der Waals surface area contributed by atoms with Gasteiger partial charge >= 0.3 is 35.8 Å². The average Bonchev–Trinajstić information content (AvgIpc) is 3.65. The van der Waals surface area contributed by atoms with E-state index in [1.165, 1.54) is 43.8 Å². The standard InChI is InChI=1S/C36H43NO15/c1-18(2)30(41)46-17-35-27(50-31(42)22-10-9-12-37-15-22)24(47-19(3)38)14-34(8,44)36(35)28(49-21(5)40)25(33(6,7)52-36)26(48-20(4)39)29(35)51-32(43)23-11-13-45-16-23/h9-13,15-16,18,24-29,44H,14,17H2,1-8H3/t24-,25+,26+,27-,28+,29-,34-,35-,36-/m1/s1. The monoisotopic (exact) mass is 729 g/mol. The van der Waals surface area contributed by atoms with Gasteiger partial charge in [0, 0.05) is 39.6 Å². The lowest BCUT2D eigenvalue weighted by Crippen LogP contribution is -2.85. The summed E-state index contributed by atoms with van der Waals surface area (Å²) < 4.78 is 48.2. The second kappa shape index (κ2) is 14.0. The number of hydrogen-bond donors (Lipinski definition) is 1. The van der Waals surface area contributed by atoms with Crippen molar-refractivity contribution in [3.63, 3.8) is 0 Å². The molecule has 16 heteroatoms. The van der Waals surface area contributed by atoms with Gasteiger partial charge in [-0.2, -0.15) is 0 Å². The first-order chi connectivity index (χ1) is 24.3. The Kier molecular flexibility index (Phi) is 10.3. The van der Waals surface area contributed by atoms with Crippen LogP contribution in [0.1, 0.15) is 82.5 Å². The Morgan fingerprint density at radius 2 is 1.50 bits per heavy atom. The zero-order valence-corrected chi connectivity index (χ0v) is 30.1. The maximum Gasteiger partial charge on any atom is 0.341 e. The molecule has 0 amide bonds. The molecule has 0 aromatic carbocycles. The average molecular weight is 730 g/mol. The molecule has 9 atom stereocenters. The Balaban J connectivity index is 1.92. The minimum Gasteiger partial charge on any atom is -0.472 e. The first-order valence-electron chi connectivity index (χ1n) is 16.7. The Morgan fingerprint density at radius 1 is 0.865 bits per heavy atom. The lowest BCUT2D eigenvalue weighted by atomic mass is 9.45. The van der Waals surface area contributed by atoms with Crippen LogP contribution in [0.3, 0.4) is 0 Å². The number of fused-ring (bicyclic) bond motifs is 1. The van der Waals surface area contributed by atoms with Crippen LogP contribution < -0.4 is 0 Å². The summed E-state index contributed by atoms with van der Waals surface area (Å²) in [5, 5.41) is 12.8. The lowest BCUT2D eigenvalue weighted by Gasteiger charge is -2.66. The normalized spacial score (nSPS) is 32.9. The molecule has 16 nitrogen and oxygen atoms in total. The number of aliphatic hydroxyl groups is 1. The Bertz CT molecular complexity index is 1700. The molecule has 3 fully saturated rings. The fourth-order valence-electron chi connectivity index (χ4n) is 8.24. The minimum atomic E-state index is -2.37. The summed E-state index contributed by atoms with van der Waals surface area (Å²) >= 11 is 0. The summed E-state index contributed by atoms with van der Waals surface area (Å²) in [6.07, 6.45) is -3.86. The first kappa shape index (κ1) is 38.4. The van der Waals surface area contributed by atoms with Gasteiger partial charge < -0.3 is 42.7 Å². The van der Waals surface area contributed by atoms with Gasteiger partial charge in [-0.05, 0) is 39.0 Å². The maximum absolute atomic E-state index is 14.0. The van der Waals surface area contributed by atoms with Crippen molar-refractivity contribution in [2.75, 3.05) is 6.61 Å². The number of esters is 6. The van der Waals surface area contributed by atoms with Gasteiger partial charge in [0.1, 0.15) is 36.6 Å². The highest BCUT2D eigenvalue weighted by molar-refractivity contribution is 5.90. The predicted octanol–water partition coefficient (Wildman–Crippen LogP) is 2.74. The summed E-state index contributed by atoms with van der Waals surface area (Å²) in [4.78, 5) is 84.0. The highest BCUT2D eigenvalue weighted by Gasteiger charge is 2.89. The molecular formula is C36H43NO15. The summed E-state index contributed by atoms with van der Waals surface area (Å²) in [5.41, 5.74) is -8.50. The van der Waals surface area contributed by atoms with Crippen molar-refractivity contribution in [3.05, 3.63) is 54.2 Å². The van der Waals surface area contributed by atoms with Crippen molar-refractivity contribution < 1.29 is 71.4 Å². The molecule has 3 heterocycles. The highest BCUT2D eigenvalue weighted by Crippen LogP contribution is 2.69. The molecule has 282 valence electrons. The number of pyridine rings is 1. The van der Waals surface area contributed by atoms with Crippen molar-refractivity contribution in [1.29, 1.82) is 0 Å². The van der Waals surface area contributed by atoms with Crippen molar-refractivity contribution in [3.8, 4) is 0 Å². The van der Waals surface area contributed by atoms with Crippen LogP contribution >= 0.6 is 0 Å². The van der Waals surface area contributed by atoms with E-state index >= 15 is 0 Å². The Labute approximate surface area is 299 Å². The summed E-state index contributed by atoms with van der Waals surface area (Å²) in [5.74, 6) is -7.23. The Hall–Kier alpha value is -4.83. The zero-order valence-electron chi connectivity index (χ0n) is 30.1. The molecule has 2 aromatic heterocycles. The summed E-state index contributed by atoms with van der Waals surface area (Å²) in [6, 6.07) is 4.19. The fraction of sp³-hybridized carbons (Fsp3) is 0.583. The molecule has 2 aromatic rings. The van der Waals surface area contributed by atoms with Crippen molar-refractivity contribution in [1.82, 2.24) is 4.98 Å². The van der Waals surface area contributed by atoms with Crippen LogP contribution in [-0.2, 0) is 52.3 Å². The van der Waals surface area contributed by atoms with Crippen LogP contribution in [0.2, 0.25) is 0 Å². The molecule has 0 unspecified atom stereocenters. The summed E-state index contributed by atoms with van der Waals surface area (Å²) in [7, 11) is 0. The number of ether oxygens (including phenoxy) is 7. The second-order valence-electron chi connectivity index (χ2n) is 14.4. The molecule has 2 aliphatic carbocycles. The van der Waals surface area contributed by atoms with Gasteiger partial charge in [0.05, 0.1) is 40.4 Å². The second-order valence-corrected chi connectivity index (χ2v) is 14.4. The van der Waals surface area contributed by atoms with Crippen LogP contribution in [0.25, 0.3) is 0 Å². The van der Waals surface area contributed by atoms with Gasteiger partial charge in [0.15, 0.2) is 17.8 Å². The quantitative estimate of drug-likeness (QED) is 0.275. The molecule has 1 aliphatic heterocycles. The SMILES string of the molecule is CC(=O)O[C@H]1[C@H]2[C@H](OC(C)=O)[C@]3(OC2(C)C)[C@@](COC(=O)C(C)C)([C@@H]1OC(=O)c1ccoc1)[C@H](OC(=O)c1cccnc1)[C@H](OC(C)=O)C[C@@]3(C)O. The zero-order chi connectivity index (χ0) is 38.4. The molecule has 2 bridgehead atoms. The van der Waals surface area contributed by atoms with Crippen LogP contribution in [0.15, 0.2) is 47.5 Å². The third kappa shape index (κ3) is 6.42. The largest absolute Gasteiger partial charge is 0.472 e. The minimum absolute atomic E-state index is 0.0499. The van der Waals surface area contributed by atoms with E-state index < -0.39 is 113 Å². The van der Waals surface area contributed by atoms with E-state index in [0.29, 0.717) is 0 Å². The number of furan rings is 1. The maximum atomic E-state index is 14.0. The highest BCUT2D eigenvalue weighted by atomic mass is 16.7. The number of carbonyl (C=O) groups excluding carboxylic acids is 6. The van der Waals surface area contributed by atoms with E-state index in [4.69, 9.17) is 37.6 Å². The molecular weight excluding hydrogens is 686 g/mol. The van der Waals surface area contributed by atoms with Gasteiger partial charge in [-0.15, -0.1) is 0 Å².